The van der Waals surface area contributed by atoms with Crippen LogP contribution in [0.25, 0.3) is 0 Å². The van der Waals surface area contributed by atoms with Crippen LogP contribution in [0.15, 0.2) is 24.3 Å². The molecule has 0 aliphatic rings. The second kappa shape index (κ2) is 8.95. The molecule has 0 atom stereocenters. The van der Waals surface area contributed by atoms with Gasteiger partial charge < -0.3 is 20.5 Å². The van der Waals surface area contributed by atoms with Crippen LogP contribution in [-0.4, -0.2) is 36.0 Å². The Bertz CT molecular complexity index is 939. The Kier molecular flexibility index (Phi) is 6.66. The third kappa shape index (κ3) is 4.43. The number of nitro groups is 1. The van der Waals surface area contributed by atoms with Gasteiger partial charge in [-0.3, -0.25) is 14.9 Å². The average Bonchev–Trinajstić information content (AvgIpc) is 2.98. The number of nitrogens with one attached hydrogen (secondary N) is 1. The second-order valence-electron chi connectivity index (χ2n) is 5.25. The van der Waals surface area contributed by atoms with Crippen LogP contribution in [0.1, 0.15) is 44.9 Å². The van der Waals surface area contributed by atoms with E-state index in [-0.39, 0.29) is 45.6 Å². The Balaban J connectivity index is 2.44. The van der Waals surface area contributed by atoms with Crippen molar-refractivity contribution >= 4 is 44.9 Å². The topological polar surface area (TPSA) is 151 Å². The molecule has 28 heavy (non-hydrogen) atoms. The summed E-state index contributed by atoms with van der Waals surface area (Å²) in [7, 11) is 0. The highest BCUT2D eigenvalue weighted by molar-refractivity contribution is 7.20. The van der Waals surface area contributed by atoms with Gasteiger partial charge in [0, 0.05) is 17.7 Å². The number of anilines is 2. The number of hydrogen-bond donors (Lipinski definition) is 2. The van der Waals surface area contributed by atoms with E-state index in [0.717, 1.165) is 17.4 Å². The van der Waals surface area contributed by atoms with Gasteiger partial charge in [-0.15, -0.1) is 0 Å². The number of carbonyl (C=O) groups excluding carboxylic acids is 3. The molecular formula is C17H17N3O7S. The largest absolute Gasteiger partial charge is 0.462 e. The maximum Gasteiger partial charge on any atom is 0.342 e. The molecule has 0 aliphatic heterocycles. The summed E-state index contributed by atoms with van der Waals surface area (Å²) in [5, 5.41) is 13.3. The van der Waals surface area contributed by atoms with Gasteiger partial charge in [-0.05, 0) is 19.9 Å². The summed E-state index contributed by atoms with van der Waals surface area (Å²) in [5.41, 5.74) is 5.17. The first-order valence-corrected chi connectivity index (χ1v) is 8.94. The Morgan fingerprint density at radius 2 is 1.75 bits per heavy atom. The van der Waals surface area contributed by atoms with Gasteiger partial charge in [-0.1, -0.05) is 17.4 Å². The van der Waals surface area contributed by atoms with Gasteiger partial charge in [0.15, 0.2) is 0 Å². The molecule has 10 nitrogen and oxygen atoms in total. The lowest BCUT2D eigenvalue weighted by atomic mass is 10.1. The molecule has 11 heteroatoms. The van der Waals surface area contributed by atoms with E-state index in [1.54, 1.807) is 13.8 Å². The predicted molar refractivity (Wildman–Crippen MR) is 102 cm³/mol. The lowest BCUT2D eigenvalue weighted by Crippen LogP contribution is -2.17. The van der Waals surface area contributed by atoms with Crippen molar-refractivity contribution in [2.24, 2.45) is 0 Å². The van der Waals surface area contributed by atoms with E-state index in [0.29, 0.717) is 0 Å². The van der Waals surface area contributed by atoms with Crippen LogP contribution < -0.4 is 11.1 Å². The van der Waals surface area contributed by atoms with Crippen molar-refractivity contribution in [1.29, 1.82) is 0 Å². The number of ether oxygens (including phenoxy) is 2. The SMILES string of the molecule is CCOC(=O)c1c(N)sc(NC(=O)c2cccc([N+](=O)[O-])c2)c1C(=O)OCC. The molecule has 0 fully saturated rings. The van der Waals surface area contributed by atoms with Crippen molar-refractivity contribution < 1.29 is 28.8 Å². The first-order chi connectivity index (χ1) is 13.3. The average molecular weight is 407 g/mol. The maximum absolute atomic E-state index is 12.5. The lowest BCUT2D eigenvalue weighted by molar-refractivity contribution is -0.384. The molecule has 1 aromatic carbocycles. The van der Waals surface area contributed by atoms with Crippen LogP contribution in [0.5, 0.6) is 0 Å². The number of hydrogen-bond acceptors (Lipinski definition) is 9. The third-order valence-electron chi connectivity index (χ3n) is 3.44. The second-order valence-corrected chi connectivity index (χ2v) is 6.30. The van der Waals surface area contributed by atoms with Crippen molar-refractivity contribution in [2.45, 2.75) is 13.8 Å². The summed E-state index contributed by atoms with van der Waals surface area (Å²) in [6, 6.07) is 5.05. The third-order valence-corrected chi connectivity index (χ3v) is 4.38. The van der Waals surface area contributed by atoms with Gasteiger partial charge in [-0.25, -0.2) is 9.59 Å². The highest BCUT2D eigenvalue weighted by Crippen LogP contribution is 2.37. The number of amides is 1. The highest BCUT2D eigenvalue weighted by atomic mass is 32.1. The van der Waals surface area contributed by atoms with Crippen molar-refractivity contribution in [3.8, 4) is 0 Å². The van der Waals surface area contributed by atoms with E-state index in [9.17, 15) is 24.5 Å². The molecule has 2 aromatic rings. The van der Waals surface area contributed by atoms with E-state index in [4.69, 9.17) is 15.2 Å². The summed E-state index contributed by atoms with van der Waals surface area (Å²) < 4.78 is 9.87. The normalized spacial score (nSPS) is 10.2. The molecule has 1 aromatic heterocycles. The van der Waals surface area contributed by atoms with Crippen LogP contribution in [-0.2, 0) is 9.47 Å². The zero-order valence-electron chi connectivity index (χ0n) is 15.0. The molecule has 0 radical (unpaired) electrons. The van der Waals surface area contributed by atoms with Gasteiger partial charge in [0.1, 0.15) is 21.1 Å². The standard InChI is InChI=1S/C17H17N3O7S/c1-3-26-16(22)11-12(17(23)27-4-2)15(28-13(11)18)19-14(21)9-6-5-7-10(8-9)20(24)25/h5-8H,3-4,18H2,1-2H3,(H,19,21). The first kappa shape index (κ1) is 20.8. The van der Waals surface area contributed by atoms with E-state index in [1.165, 1.54) is 18.2 Å². The molecule has 1 heterocycles. The fourth-order valence-electron chi connectivity index (χ4n) is 2.28. The van der Waals surface area contributed by atoms with E-state index >= 15 is 0 Å². The number of thiophene rings is 1. The minimum Gasteiger partial charge on any atom is -0.462 e. The Labute approximate surface area is 163 Å². The summed E-state index contributed by atoms with van der Waals surface area (Å²) in [5.74, 6) is -2.39. The summed E-state index contributed by atoms with van der Waals surface area (Å²) in [4.78, 5) is 47.3. The van der Waals surface area contributed by atoms with Gasteiger partial charge >= 0.3 is 11.9 Å². The molecule has 1 amide bonds. The lowest BCUT2D eigenvalue weighted by Gasteiger charge is -2.08. The zero-order chi connectivity index (χ0) is 20.8. The summed E-state index contributed by atoms with van der Waals surface area (Å²) in [6.07, 6.45) is 0. The number of nitrogen functional groups attached to an aromatic ring is 1. The van der Waals surface area contributed by atoms with Crippen LogP contribution in [0, 0.1) is 10.1 Å². The maximum atomic E-state index is 12.5. The van der Waals surface area contributed by atoms with Crippen LogP contribution in [0.3, 0.4) is 0 Å². The number of carbonyl (C=O) groups is 3. The molecule has 2 rings (SSSR count). The molecule has 0 bridgehead atoms. The van der Waals surface area contributed by atoms with Gasteiger partial charge in [0.25, 0.3) is 11.6 Å². The molecule has 3 N–H and O–H groups in total. The Hall–Kier alpha value is -3.47. The van der Waals surface area contributed by atoms with Crippen molar-refractivity contribution in [3.05, 3.63) is 51.1 Å². The van der Waals surface area contributed by atoms with E-state index < -0.39 is 22.8 Å². The first-order valence-electron chi connectivity index (χ1n) is 8.12. The van der Waals surface area contributed by atoms with Crippen molar-refractivity contribution in [3.63, 3.8) is 0 Å². The number of nitrogens with zero attached hydrogens (tertiary/aromatic N) is 1. The van der Waals surface area contributed by atoms with Crippen molar-refractivity contribution in [1.82, 2.24) is 0 Å². The predicted octanol–water partition coefficient (Wildman–Crippen LogP) is 2.84. The minimum atomic E-state index is -0.854. The number of esters is 2. The van der Waals surface area contributed by atoms with Crippen LogP contribution in [0.4, 0.5) is 15.7 Å². The zero-order valence-corrected chi connectivity index (χ0v) is 15.8. The molecule has 0 saturated heterocycles. The Morgan fingerprint density at radius 3 is 2.32 bits per heavy atom. The number of rotatable bonds is 7. The quantitative estimate of drug-likeness (QED) is 0.404. The van der Waals surface area contributed by atoms with Crippen molar-refractivity contribution in [2.75, 3.05) is 24.3 Å². The summed E-state index contributed by atoms with van der Waals surface area (Å²) >= 11 is 0.793. The Morgan fingerprint density at radius 1 is 1.14 bits per heavy atom. The monoisotopic (exact) mass is 407 g/mol. The number of nitrogens with two attached hydrogens (primary N) is 1. The molecular weight excluding hydrogens is 390 g/mol. The molecule has 0 saturated carbocycles. The number of nitro benzene ring substituents is 1. The van der Waals surface area contributed by atoms with Gasteiger partial charge in [0.2, 0.25) is 0 Å². The highest BCUT2D eigenvalue weighted by Gasteiger charge is 2.30. The summed E-state index contributed by atoms with van der Waals surface area (Å²) in [6.45, 7) is 3.27. The van der Waals surface area contributed by atoms with Gasteiger partial charge in [-0.2, -0.15) is 0 Å². The fourth-order valence-corrected chi connectivity index (χ4v) is 3.22. The molecule has 0 unspecified atom stereocenters. The fraction of sp³-hybridized carbons (Fsp3) is 0.235. The smallest absolute Gasteiger partial charge is 0.342 e. The van der Waals surface area contributed by atoms with E-state index in [1.807, 2.05) is 0 Å². The minimum absolute atomic E-state index is 0.00587. The molecule has 0 spiro atoms. The van der Waals surface area contributed by atoms with E-state index in [2.05, 4.69) is 5.32 Å². The molecule has 0 aliphatic carbocycles. The number of non-ortho nitro benzene ring substituents is 1. The van der Waals surface area contributed by atoms with Crippen LogP contribution in [0.2, 0.25) is 0 Å². The molecule has 148 valence electrons. The van der Waals surface area contributed by atoms with Crippen LogP contribution >= 0.6 is 11.3 Å². The van der Waals surface area contributed by atoms with Gasteiger partial charge in [0.05, 0.1) is 18.1 Å². The number of benzene rings is 1.